The lowest BCUT2D eigenvalue weighted by Gasteiger charge is -2.30. The van der Waals surface area contributed by atoms with E-state index in [1.54, 1.807) is 24.0 Å². The van der Waals surface area contributed by atoms with Crippen molar-refractivity contribution in [2.75, 3.05) is 52.5 Å². The minimum Gasteiger partial charge on any atom is -0.466 e. The zero-order valence-electron chi connectivity index (χ0n) is 15.3. The van der Waals surface area contributed by atoms with Crippen molar-refractivity contribution < 1.29 is 23.5 Å². The van der Waals surface area contributed by atoms with E-state index in [0.717, 1.165) is 25.2 Å². The minimum absolute atomic E-state index is 0.0748. The first kappa shape index (κ1) is 20.3. The Morgan fingerprint density at radius 2 is 1.88 bits per heavy atom. The molecule has 0 saturated carbocycles. The van der Waals surface area contributed by atoms with Crippen LogP contribution in [0.15, 0.2) is 24.3 Å². The first-order chi connectivity index (χ1) is 12.6. The van der Waals surface area contributed by atoms with Gasteiger partial charge in [-0.3, -0.25) is 14.5 Å². The van der Waals surface area contributed by atoms with Gasteiger partial charge in [0.05, 0.1) is 32.7 Å². The van der Waals surface area contributed by atoms with Gasteiger partial charge in [-0.1, -0.05) is 12.1 Å². The molecule has 0 radical (unpaired) electrons. The SMILES string of the molecule is CCOC(=O)CCN(CCN1CCOCC1)C(=O)Cc1ccc(F)cc1. The minimum atomic E-state index is -0.326. The Labute approximate surface area is 153 Å². The summed E-state index contributed by atoms with van der Waals surface area (Å²) in [6.45, 7) is 6.78. The average Bonchev–Trinajstić information content (AvgIpc) is 2.64. The standard InChI is InChI=1S/C19H27FN2O4/c1-2-26-19(24)7-8-22(10-9-21-11-13-25-14-12-21)18(23)15-16-3-5-17(20)6-4-16/h3-6H,2,7-15H2,1H3. The van der Waals surface area contributed by atoms with Gasteiger partial charge in [0.15, 0.2) is 0 Å². The van der Waals surface area contributed by atoms with Gasteiger partial charge in [-0.25, -0.2) is 4.39 Å². The van der Waals surface area contributed by atoms with Gasteiger partial charge >= 0.3 is 5.97 Å². The van der Waals surface area contributed by atoms with Crippen molar-refractivity contribution in [3.8, 4) is 0 Å². The Morgan fingerprint density at radius 1 is 1.19 bits per heavy atom. The summed E-state index contributed by atoms with van der Waals surface area (Å²) in [7, 11) is 0. The molecule has 0 aliphatic carbocycles. The molecule has 0 spiro atoms. The summed E-state index contributed by atoms with van der Waals surface area (Å²) >= 11 is 0. The van der Waals surface area contributed by atoms with Crippen LogP contribution in [0.25, 0.3) is 0 Å². The van der Waals surface area contributed by atoms with Crippen LogP contribution in [-0.4, -0.2) is 74.2 Å². The summed E-state index contributed by atoms with van der Waals surface area (Å²) in [5.41, 5.74) is 0.754. The van der Waals surface area contributed by atoms with Crippen molar-refractivity contribution in [3.63, 3.8) is 0 Å². The summed E-state index contributed by atoms with van der Waals surface area (Å²) in [6.07, 6.45) is 0.359. The van der Waals surface area contributed by atoms with E-state index in [1.807, 2.05) is 0 Å². The Hall–Kier alpha value is -1.99. The normalized spacial score (nSPS) is 14.8. The molecular formula is C19H27FN2O4. The molecular weight excluding hydrogens is 339 g/mol. The summed E-state index contributed by atoms with van der Waals surface area (Å²) in [5.74, 6) is -0.708. The highest BCUT2D eigenvalue weighted by molar-refractivity contribution is 5.79. The largest absolute Gasteiger partial charge is 0.466 e. The maximum atomic E-state index is 13.0. The van der Waals surface area contributed by atoms with E-state index < -0.39 is 0 Å². The molecule has 0 aromatic heterocycles. The summed E-state index contributed by atoms with van der Waals surface area (Å²) in [5, 5.41) is 0. The molecule has 0 N–H and O–H groups in total. The molecule has 0 bridgehead atoms. The Bertz CT molecular complexity index is 573. The van der Waals surface area contributed by atoms with Crippen LogP contribution in [0, 0.1) is 5.82 Å². The molecule has 0 atom stereocenters. The fourth-order valence-electron chi connectivity index (χ4n) is 2.80. The smallest absolute Gasteiger partial charge is 0.307 e. The van der Waals surface area contributed by atoms with Crippen molar-refractivity contribution in [1.82, 2.24) is 9.80 Å². The summed E-state index contributed by atoms with van der Waals surface area (Å²) in [4.78, 5) is 28.3. The first-order valence-electron chi connectivity index (χ1n) is 9.06. The zero-order valence-corrected chi connectivity index (χ0v) is 15.3. The molecule has 144 valence electrons. The quantitative estimate of drug-likeness (QED) is 0.620. The van der Waals surface area contributed by atoms with Gasteiger partial charge < -0.3 is 14.4 Å². The number of halogens is 1. The van der Waals surface area contributed by atoms with Crippen molar-refractivity contribution in [2.24, 2.45) is 0 Å². The lowest BCUT2D eigenvalue weighted by molar-refractivity contribution is -0.144. The van der Waals surface area contributed by atoms with Crippen molar-refractivity contribution >= 4 is 11.9 Å². The predicted molar refractivity (Wildman–Crippen MR) is 95.2 cm³/mol. The number of hydrogen-bond donors (Lipinski definition) is 0. The topological polar surface area (TPSA) is 59.1 Å². The Morgan fingerprint density at radius 3 is 2.54 bits per heavy atom. The highest BCUT2D eigenvalue weighted by Crippen LogP contribution is 2.07. The van der Waals surface area contributed by atoms with Gasteiger partial charge in [-0.2, -0.15) is 0 Å². The number of ether oxygens (including phenoxy) is 2. The number of rotatable bonds is 9. The van der Waals surface area contributed by atoms with Gasteiger partial charge in [-0.15, -0.1) is 0 Å². The van der Waals surface area contributed by atoms with E-state index in [-0.39, 0.29) is 30.5 Å². The van der Waals surface area contributed by atoms with E-state index >= 15 is 0 Å². The summed E-state index contributed by atoms with van der Waals surface area (Å²) < 4.78 is 23.3. The average molecular weight is 366 g/mol. The second kappa shape index (κ2) is 10.9. The van der Waals surface area contributed by atoms with Crippen LogP contribution in [0.1, 0.15) is 18.9 Å². The number of benzene rings is 1. The maximum Gasteiger partial charge on any atom is 0.307 e. The molecule has 1 aliphatic rings. The van der Waals surface area contributed by atoms with E-state index in [0.29, 0.717) is 32.9 Å². The monoisotopic (exact) mass is 366 g/mol. The van der Waals surface area contributed by atoms with Gasteiger partial charge in [-0.05, 0) is 24.6 Å². The molecule has 1 aliphatic heterocycles. The number of hydrogen-bond acceptors (Lipinski definition) is 5. The van der Waals surface area contributed by atoms with Crippen molar-refractivity contribution in [2.45, 2.75) is 19.8 Å². The van der Waals surface area contributed by atoms with Gasteiger partial charge in [0, 0.05) is 32.7 Å². The second-order valence-electron chi connectivity index (χ2n) is 6.19. The number of carbonyl (C=O) groups is 2. The third-order valence-corrected chi connectivity index (χ3v) is 4.30. The molecule has 1 fully saturated rings. The third-order valence-electron chi connectivity index (χ3n) is 4.30. The predicted octanol–water partition coefficient (Wildman–Crippen LogP) is 1.48. The highest BCUT2D eigenvalue weighted by atomic mass is 19.1. The van der Waals surface area contributed by atoms with Crippen LogP contribution in [0.4, 0.5) is 4.39 Å². The van der Waals surface area contributed by atoms with E-state index in [1.165, 1.54) is 12.1 Å². The third kappa shape index (κ3) is 7.09. The van der Waals surface area contributed by atoms with Crippen molar-refractivity contribution in [3.05, 3.63) is 35.6 Å². The van der Waals surface area contributed by atoms with Crippen molar-refractivity contribution in [1.29, 1.82) is 0 Å². The van der Waals surface area contributed by atoms with Gasteiger partial charge in [0.1, 0.15) is 5.82 Å². The van der Waals surface area contributed by atoms with E-state index in [2.05, 4.69) is 4.90 Å². The number of carbonyl (C=O) groups excluding carboxylic acids is 2. The molecule has 1 aromatic rings. The number of amides is 1. The van der Waals surface area contributed by atoms with E-state index in [4.69, 9.17) is 9.47 Å². The number of nitrogens with zero attached hydrogens (tertiary/aromatic N) is 2. The Kier molecular flexibility index (Phi) is 8.50. The highest BCUT2D eigenvalue weighted by Gasteiger charge is 2.18. The van der Waals surface area contributed by atoms with Crippen LogP contribution in [0.3, 0.4) is 0 Å². The maximum absolute atomic E-state index is 13.0. The second-order valence-corrected chi connectivity index (χ2v) is 6.19. The lowest BCUT2D eigenvalue weighted by atomic mass is 10.1. The van der Waals surface area contributed by atoms with Crippen LogP contribution in [0.5, 0.6) is 0 Å². The zero-order chi connectivity index (χ0) is 18.8. The van der Waals surface area contributed by atoms with Crippen LogP contribution >= 0.6 is 0 Å². The number of morpholine rings is 1. The van der Waals surface area contributed by atoms with Gasteiger partial charge in [0.25, 0.3) is 0 Å². The molecule has 26 heavy (non-hydrogen) atoms. The molecule has 1 heterocycles. The van der Waals surface area contributed by atoms with E-state index in [9.17, 15) is 14.0 Å². The van der Waals surface area contributed by atoms with Crippen LogP contribution in [0.2, 0.25) is 0 Å². The summed E-state index contributed by atoms with van der Waals surface area (Å²) in [6, 6.07) is 5.91. The van der Waals surface area contributed by atoms with Crippen LogP contribution < -0.4 is 0 Å². The molecule has 7 heteroatoms. The first-order valence-corrected chi connectivity index (χ1v) is 9.06. The van der Waals surface area contributed by atoms with Crippen LogP contribution in [-0.2, 0) is 25.5 Å². The molecule has 1 aromatic carbocycles. The fraction of sp³-hybridized carbons (Fsp3) is 0.579. The fourth-order valence-corrected chi connectivity index (χ4v) is 2.80. The molecule has 1 amide bonds. The van der Waals surface area contributed by atoms with Gasteiger partial charge in [0.2, 0.25) is 5.91 Å². The Balaban J connectivity index is 1.91. The lowest BCUT2D eigenvalue weighted by Crippen LogP contribution is -2.44. The molecule has 0 unspecified atom stereocenters. The molecule has 1 saturated heterocycles. The number of esters is 1. The molecule has 6 nitrogen and oxygen atoms in total. The molecule has 2 rings (SSSR count).